The second kappa shape index (κ2) is 3.28. The lowest BCUT2D eigenvalue weighted by atomic mass is 10.3. The average molecular weight is 151 g/mol. The molecule has 0 saturated carbocycles. The standard InChI is InChI=1S/C9H13NO/c1-10(2)8-4-6-9(11-3)7-5-8/h4-7H,1-3H3. The van der Waals surface area contributed by atoms with Crippen molar-refractivity contribution in [3.05, 3.63) is 24.3 Å². The minimum atomic E-state index is 0.899. The van der Waals surface area contributed by atoms with E-state index < -0.39 is 0 Å². The van der Waals surface area contributed by atoms with Crippen LogP contribution in [0.15, 0.2) is 24.3 Å². The normalized spacial score (nSPS) is 9.36. The monoisotopic (exact) mass is 151 g/mol. The fraction of sp³-hybridized carbons (Fsp3) is 0.333. The molecule has 0 heterocycles. The van der Waals surface area contributed by atoms with E-state index >= 15 is 0 Å². The summed E-state index contributed by atoms with van der Waals surface area (Å²) in [5.74, 6) is 0.899. The second-order valence-electron chi connectivity index (χ2n) is 2.59. The number of nitrogens with zero attached hydrogens (tertiary/aromatic N) is 1. The van der Waals surface area contributed by atoms with Gasteiger partial charge in [0.25, 0.3) is 0 Å². The van der Waals surface area contributed by atoms with Crippen molar-refractivity contribution < 1.29 is 4.74 Å². The van der Waals surface area contributed by atoms with Crippen LogP contribution >= 0.6 is 0 Å². The quantitative estimate of drug-likeness (QED) is 0.638. The molecule has 0 fully saturated rings. The summed E-state index contributed by atoms with van der Waals surface area (Å²) in [5, 5.41) is 0. The molecule has 0 unspecified atom stereocenters. The Morgan fingerprint density at radius 3 is 2.00 bits per heavy atom. The lowest BCUT2D eigenvalue weighted by Crippen LogP contribution is -2.07. The number of ether oxygens (including phenoxy) is 1. The molecule has 0 aromatic heterocycles. The zero-order chi connectivity index (χ0) is 8.27. The second-order valence-corrected chi connectivity index (χ2v) is 2.59. The van der Waals surface area contributed by atoms with Crippen LogP contribution in [-0.2, 0) is 0 Å². The number of anilines is 1. The summed E-state index contributed by atoms with van der Waals surface area (Å²) in [4.78, 5) is 2.06. The van der Waals surface area contributed by atoms with Gasteiger partial charge < -0.3 is 9.64 Å². The van der Waals surface area contributed by atoms with Gasteiger partial charge in [0.1, 0.15) is 5.75 Å². The third-order valence-electron chi connectivity index (χ3n) is 1.59. The zero-order valence-corrected chi connectivity index (χ0v) is 7.16. The molecule has 1 rings (SSSR count). The van der Waals surface area contributed by atoms with Crippen molar-refractivity contribution in [2.75, 3.05) is 26.1 Å². The molecule has 0 bridgehead atoms. The zero-order valence-electron chi connectivity index (χ0n) is 7.16. The van der Waals surface area contributed by atoms with Crippen LogP contribution in [0.25, 0.3) is 0 Å². The first kappa shape index (κ1) is 7.92. The summed E-state index contributed by atoms with van der Waals surface area (Å²) in [5.41, 5.74) is 1.19. The smallest absolute Gasteiger partial charge is 0.119 e. The van der Waals surface area contributed by atoms with E-state index in [2.05, 4.69) is 4.90 Å². The van der Waals surface area contributed by atoms with Gasteiger partial charge >= 0.3 is 0 Å². The van der Waals surface area contributed by atoms with Gasteiger partial charge in [-0.25, -0.2) is 0 Å². The Balaban J connectivity index is 2.83. The molecule has 0 aliphatic carbocycles. The first-order valence-corrected chi connectivity index (χ1v) is 3.55. The summed E-state index contributed by atoms with van der Waals surface area (Å²) < 4.78 is 5.03. The Bertz CT molecular complexity index is 216. The Morgan fingerprint density at radius 1 is 1.09 bits per heavy atom. The molecule has 0 spiro atoms. The molecular weight excluding hydrogens is 138 g/mol. The first-order valence-electron chi connectivity index (χ1n) is 3.55. The van der Waals surface area contributed by atoms with Gasteiger partial charge in [0.15, 0.2) is 0 Å². The van der Waals surface area contributed by atoms with Gasteiger partial charge in [-0.2, -0.15) is 0 Å². The molecule has 0 N–H and O–H groups in total. The molecule has 0 saturated heterocycles. The average Bonchev–Trinajstić information content (AvgIpc) is 2.05. The molecule has 11 heavy (non-hydrogen) atoms. The van der Waals surface area contributed by atoms with E-state index in [0.29, 0.717) is 0 Å². The minimum absolute atomic E-state index is 0.899. The third kappa shape index (κ3) is 1.87. The fourth-order valence-corrected chi connectivity index (χ4v) is 0.880. The van der Waals surface area contributed by atoms with Crippen molar-refractivity contribution in [1.29, 1.82) is 0 Å². The van der Waals surface area contributed by atoms with E-state index in [1.165, 1.54) is 5.69 Å². The SMILES string of the molecule is COc1ccc(N(C)C)cc1. The van der Waals surface area contributed by atoms with Crippen molar-refractivity contribution in [2.24, 2.45) is 0 Å². The molecular formula is C9H13NO. The van der Waals surface area contributed by atoms with Crippen LogP contribution < -0.4 is 9.64 Å². The molecule has 0 radical (unpaired) electrons. The van der Waals surface area contributed by atoms with E-state index in [9.17, 15) is 0 Å². The van der Waals surface area contributed by atoms with Crippen LogP contribution in [-0.4, -0.2) is 21.2 Å². The largest absolute Gasteiger partial charge is 0.497 e. The lowest BCUT2D eigenvalue weighted by Gasteiger charge is -2.11. The molecule has 0 aliphatic heterocycles. The van der Waals surface area contributed by atoms with Gasteiger partial charge in [-0.15, -0.1) is 0 Å². The lowest BCUT2D eigenvalue weighted by molar-refractivity contribution is 0.415. The Kier molecular flexibility index (Phi) is 2.36. The predicted octanol–water partition coefficient (Wildman–Crippen LogP) is 1.76. The van der Waals surface area contributed by atoms with Gasteiger partial charge in [0.05, 0.1) is 7.11 Å². The molecule has 2 heteroatoms. The maximum atomic E-state index is 5.03. The van der Waals surface area contributed by atoms with Crippen LogP contribution in [0.4, 0.5) is 5.69 Å². The Hall–Kier alpha value is -1.18. The summed E-state index contributed by atoms with van der Waals surface area (Å²) in [6, 6.07) is 7.96. The van der Waals surface area contributed by atoms with Crippen molar-refractivity contribution in [2.45, 2.75) is 0 Å². The third-order valence-corrected chi connectivity index (χ3v) is 1.59. The highest BCUT2D eigenvalue weighted by atomic mass is 16.5. The van der Waals surface area contributed by atoms with Crippen molar-refractivity contribution >= 4 is 5.69 Å². The molecule has 1 aromatic rings. The highest BCUT2D eigenvalue weighted by molar-refractivity contribution is 5.47. The Labute approximate surface area is 67.4 Å². The highest BCUT2D eigenvalue weighted by Gasteiger charge is 1.93. The van der Waals surface area contributed by atoms with Gasteiger partial charge in [0, 0.05) is 19.8 Å². The van der Waals surface area contributed by atoms with Gasteiger partial charge in [0.2, 0.25) is 0 Å². The number of methoxy groups -OCH3 is 1. The summed E-state index contributed by atoms with van der Waals surface area (Å²) >= 11 is 0. The van der Waals surface area contributed by atoms with E-state index in [1.54, 1.807) is 7.11 Å². The van der Waals surface area contributed by atoms with E-state index in [1.807, 2.05) is 38.4 Å². The van der Waals surface area contributed by atoms with Crippen LogP contribution in [0.5, 0.6) is 5.75 Å². The molecule has 2 nitrogen and oxygen atoms in total. The van der Waals surface area contributed by atoms with Crippen LogP contribution in [0.3, 0.4) is 0 Å². The fourth-order valence-electron chi connectivity index (χ4n) is 0.880. The molecule has 1 aromatic carbocycles. The first-order chi connectivity index (χ1) is 5.24. The van der Waals surface area contributed by atoms with E-state index in [-0.39, 0.29) is 0 Å². The minimum Gasteiger partial charge on any atom is -0.497 e. The highest BCUT2D eigenvalue weighted by Crippen LogP contribution is 2.16. The summed E-state index contributed by atoms with van der Waals surface area (Å²) in [6.45, 7) is 0. The molecule has 0 aliphatic rings. The maximum Gasteiger partial charge on any atom is 0.119 e. The predicted molar refractivity (Wildman–Crippen MR) is 47.3 cm³/mol. The van der Waals surface area contributed by atoms with Crippen molar-refractivity contribution in [1.82, 2.24) is 0 Å². The summed E-state index contributed by atoms with van der Waals surface area (Å²) in [6.07, 6.45) is 0. The topological polar surface area (TPSA) is 12.5 Å². The Morgan fingerprint density at radius 2 is 1.64 bits per heavy atom. The summed E-state index contributed by atoms with van der Waals surface area (Å²) in [7, 11) is 5.70. The van der Waals surface area contributed by atoms with Crippen LogP contribution in [0.1, 0.15) is 0 Å². The van der Waals surface area contributed by atoms with E-state index in [0.717, 1.165) is 5.75 Å². The maximum absolute atomic E-state index is 5.03. The number of hydrogen-bond acceptors (Lipinski definition) is 2. The van der Waals surface area contributed by atoms with Gasteiger partial charge in [-0.3, -0.25) is 0 Å². The number of benzene rings is 1. The molecule has 0 atom stereocenters. The molecule has 60 valence electrons. The van der Waals surface area contributed by atoms with Crippen molar-refractivity contribution in [3.63, 3.8) is 0 Å². The number of rotatable bonds is 2. The molecule has 0 amide bonds. The van der Waals surface area contributed by atoms with Gasteiger partial charge in [-0.05, 0) is 24.3 Å². The van der Waals surface area contributed by atoms with Crippen LogP contribution in [0, 0.1) is 0 Å². The van der Waals surface area contributed by atoms with Gasteiger partial charge in [-0.1, -0.05) is 0 Å². The van der Waals surface area contributed by atoms with Crippen molar-refractivity contribution in [3.8, 4) is 5.75 Å². The number of hydrogen-bond donors (Lipinski definition) is 0. The van der Waals surface area contributed by atoms with Crippen LogP contribution in [0.2, 0.25) is 0 Å². The van der Waals surface area contributed by atoms with E-state index in [4.69, 9.17) is 4.74 Å².